The first-order valence-electron chi connectivity index (χ1n) is 9.95. The molecule has 0 bridgehead atoms. The summed E-state index contributed by atoms with van der Waals surface area (Å²) in [7, 11) is 0. The van der Waals surface area contributed by atoms with E-state index in [-0.39, 0.29) is 29.3 Å². The van der Waals surface area contributed by atoms with Crippen LogP contribution in [-0.2, 0) is 16.1 Å². The van der Waals surface area contributed by atoms with Crippen LogP contribution in [0.3, 0.4) is 0 Å². The summed E-state index contributed by atoms with van der Waals surface area (Å²) in [6, 6.07) is 5.85. The molecule has 1 aromatic carbocycles. The van der Waals surface area contributed by atoms with Crippen molar-refractivity contribution in [1.29, 1.82) is 0 Å². The Balaban J connectivity index is 1.60. The molecule has 2 heterocycles. The van der Waals surface area contributed by atoms with Gasteiger partial charge in [-0.25, -0.2) is 4.39 Å². The number of benzene rings is 1. The number of halogens is 1. The molecule has 0 amide bonds. The van der Waals surface area contributed by atoms with Gasteiger partial charge in [0.2, 0.25) is 0 Å². The van der Waals surface area contributed by atoms with Crippen molar-refractivity contribution in [3.8, 4) is 0 Å². The van der Waals surface area contributed by atoms with Crippen molar-refractivity contribution < 1.29 is 19.1 Å². The van der Waals surface area contributed by atoms with Crippen LogP contribution < -0.4 is 0 Å². The fraction of sp³-hybridized carbons (Fsp3) is 0.429. The second kappa shape index (κ2) is 8.69. The molecule has 2 fully saturated rings. The number of thiol groups is 1. The van der Waals surface area contributed by atoms with Crippen molar-refractivity contribution in [3.05, 3.63) is 53.1 Å². The third-order valence-electron chi connectivity index (χ3n) is 5.48. The zero-order valence-corrected chi connectivity index (χ0v) is 17.2. The number of aromatic nitrogens is 3. The lowest BCUT2D eigenvalue weighted by molar-refractivity contribution is -0.138. The van der Waals surface area contributed by atoms with Gasteiger partial charge in [0.25, 0.3) is 0 Å². The Bertz CT molecular complexity index is 988. The zero-order valence-electron chi connectivity index (χ0n) is 16.3. The van der Waals surface area contributed by atoms with Crippen LogP contribution in [0.25, 0.3) is 6.08 Å². The van der Waals surface area contributed by atoms with Crippen molar-refractivity contribution >= 4 is 30.5 Å². The van der Waals surface area contributed by atoms with Crippen LogP contribution in [-0.4, -0.2) is 55.1 Å². The van der Waals surface area contributed by atoms with Gasteiger partial charge in [-0.05, 0) is 37.0 Å². The molecule has 7 nitrogen and oxygen atoms in total. The molecule has 1 aromatic heterocycles. The summed E-state index contributed by atoms with van der Waals surface area (Å²) in [5, 5.41) is 17.0. The summed E-state index contributed by atoms with van der Waals surface area (Å²) in [5.41, 5.74) is 1.89. The van der Waals surface area contributed by atoms with Gasteiger partial charge in [-0.15, -0.1) is 0 Å². The normalized spacial score (nSPS) is 22.2. The lowest BCUT2D eigenvalue weighted by Gasteiger charge is -2.37. The topological polar surface area (TPSA) is 88.3 Å². The van der Waals surface area contributed by atoms with Crippen LogP contribution in [0.1, 0.15) is 36.6 Å². The number of carbonyl (C=O) groups excluding carboxylic acids is 1. The van der Waals surface area contributed by atoms with Gasteiger partial charge < -0.3 is 5.11 Å². The minimum Gasteiger partial charge on any atom is -0.480 e. The summed E-state index contributed by atoms with van der Waals surface area (Å²) in [6.07, 6.45) is 5.76. The van der Waals surface area contributed by atoms with Crippen molar-refractivity contribution in [3.63, 3.8) is 0 Å². The average molecular weight is 431 g/mol. The first-order chi connectivity index (χ1) is 14.4. The van der Waals surface area contributed by atoms with Crippen molar-refractivity contribution in [2.24, 2.45) is 5.92 Å². The lowest BCUT2D eigenvalue weighted by atomic mass is 9.93. The van der Waals surface area contributed by atoms with Crippen molar-refractivity contribution in [2.75, 3.05) is 13.1 Å². The van der Waals surface area contributed by atoms with E-state index in [0.717, 1.165) is 23.2 Å². The summed E-state index contributed by atoms with van der Waals surface area (Å²) in [6.45, 7) is 0.775. The molecular weight excluding hydrogens is 407 g/mol. The highest BCUT2D eigenvalue weighted by Crippen LogP contribution is 2.39. The molecule has 0 radical (unpaired) electrons. The Morgan fingerprint density at radius 1 is 1.30 bits per heavy atom. The Labute approximate surface area is 179 Å². The Morgan fingerprint density at radius 2 is 2.07 bits per heavy atom. The SMILES string of the molecule is O=C(O)Cn1ncc(/C=C2\CN(C(C(=O)C3CC3)c3ccccc3F)CCC2S)n1. The van der Waals surface area contributed by atoms with E-state index >= 15 is 0 Å². The number of likely N-dealkylation sites (tertiary alicyclic amines) is 1. The molecular formula is C21H23FN4O3S. The van der Waals surface area contributed by atoms with Crippen LogP contribution in [0.5, 0.6) is 0 Å². The molecule has 1 aliphatic carbocycles. The molecule has 2 unspecified atom stereocenters. The molecule has 1 saturated carbocycles. The summed E-state index contributed by atoms with van der Waals surface area (Å²) >= 11 is 4.67. The minimum absolute atomic E-state index is 0.00618. The number of hydrogen-bond acceptors (Lipinski definition) is 6. The van der Waals surface area contributed by atoms with E-state index in [1.807, 2.05) is 11.0 Å². The van der Waals surface area contributed by atoms with E-state index in [2.05, 4.69) is 22.8 Å². The highest BCUT2D eigenvalue weighted by molar-refractivity contribution is 7.81. The summed E-state index contributed by atoms with van der Waals surface area (Å²) in [4.78, 5) is 27.0. The zero-order chi connectivity index (χ0) is 21.3. The number of nitrogens with zero attached hydrogens (tertiary/aromatic N) is 4. The van der Waals surface area contributed by atoms with E-state index in [0.29, 0.717) is 30.8 Å². The maximum Gasteiger partial charge on any atom is 0.327 e. The molecule has 0 spiro atoms. The van der Waals surface area contributed by atoms with E-state index in [9.17, 15) is 14.0 Å². The lowest BCUT2D eigenvalue weighted by Crippen LogP contribution is -2.42. The molecule has 1 saturated heterocycles. The van der Waals surface area contributed by atoms with Gasteiger partial charge >= 0.3 is 5.97 Å². The van der Waals surface area contributed by atoms with Crippen LogP contribution in [0.2, 0.25) is 0 Å². The van der Waals surface area contributed by atoms with Gasteiger partial charge in [0, 0.05) is 29.8 Å². The van der Waals surface area contributed by atoms with Gasteiger partial charge in [-0.2, -0.15) is 27.6 Å². The van der Waals surface area contributed by atoms with Crippen LogP contribution in [0.4, 0.5) is 4.39 Å². The molecule has 2 aliphatic rings. The number of Topliss-reactive ketones (excluding diaryl/α,β-unsaturated/α-hetero) is 1. The van der Waals surface area contributed by atoms with Gasteiger partial charge in [-0.3, -0.25) is 14.5 Å². The molecule has 9 heteroatoms. The van der Waals surface area contributed by atoms with Crippen molar-refractivity contribution in [1.82, 2.24) is 19.9 Å². The number of piperidine rings is 1. The summed E-state index contributed by atoms with van der Waals surface area (Å²) < 4.78 is 14.6. The van der Waals surface area contributed by atoms with Gasteiger partial charge in [-0.1, -0.05) is 18.2 Å². The number of ketones is 1. The maximum absolute atomic E-state index is 14.6. The molecule has 1 N–H and O–H groups in total. The van der Waals surface area contributed by atoms with E-state index in [4.69, 9.17) is 5.11 Å². The Kier molecular flexibility index (Phi) is 6.01. The number of carbonyl (C=O) groups is 2. The second-order valence-corrected chi connectivity index (χ2v) is 8.41. The molecule has 30 heavy (non-hydrogen) atoms. The number of carboxylic acids is 1. The Morgan fingerprint density at radius 3 is 2.77 bits per heavy atom. The first-order valence-corrected chi connectivity index (χ1v) is 10.5. The monoisotopic (exact) mass is 430 g/mol. The van der Waals surface area contributed by atoms with Crippen LogP contribution in [0.15, 0.2) is 36.0 Å². The van der Waals surface area contributed by atoms with Crippen LogP contribution in [0, 0.1) is 11.7 Å². The molecule has 158 valence electrons. The smallest absolute Gasteiger partial charge is 0.327 e. The fourth-order valence-electron chi connectivity index (χ4n) is 3.84. The Hall–Kier alpha value is -2.52. The number of aliphatic carboxylic acids is 1. The first kappa shape index (κ1) is 20.7. The van der Waals surface area contributed by atoms with E-state index < -0.39 is 12.0 Å². The van der Waals surface area contributed by atoms with Crippen LogP contribution >= 0.6 is 12.6 Å². The molecule has 2 atom stereocenters. The van der Waals surface area contributed by atoms with Gasteiger partial charge in [0.1, 0.15) is 11.5 Å². The number of carboxylic acid groups (broad SMARTS) is 1. The van der Waals surface area contributed by atoms with Crippen molar-refractivity contribution in [2.45, 2.75) is 37.1 Å². The number of hydrogen-bond donors (Lipinski definition) is 2. The molecule has 4 rings (SSSR count). The average Bonchev–Trinajstić information content (AvgIpc) is 3.47. The third-order valence-corrected chi connectivity index (χ3v) is 6.07. The largest absolute Gasteiger partial charge is 0.480 e. The van der Waals surface area contributed by atoms with E-state index in [1.165, 1.54) is 12.3 Å². The summed E-state index contributed by atoms with van der Waals surface area (Å²) in [5.74, 6) is -1.31. The van der Waals surface area contributed by atoms with Gasteiger partial charge in [0.05, 0.1) is 12.2 Å². The third kappa shape index (κ3) is 4.62. The quantitative estimate of drug-likeness (QED) is 0.657. The minimum atomic E-state index is -1.02. The fourth-order valence-corrected chi connectivity index (χ4v) is 4.11. The highest BCUT2D eigenvalue weighted by atomic mass is 32.1. The second-order valence-electron chi connectivity index (χ2n) is 7.79. The predicted octanol–water partition coefficient (Wildman–Crippen LogP) is 2.61. The highest BCUT2D eigenvalue weighted by Gasteiger charge is 2.40. The standard InChI is InChI=1S/C21H23FN4O3S/c22-17-4-2-1-3-16(17)20(21(29)13-5-6-13)25-8-7-18(30)14(11-25)9-15-10-23-26(24-15)12-19(27)28/h1-4,9-10,13,18,20,30H,5-8,11-12H2,(H,27,28)/b14-9+. The number of rotatable bonds is 7. The molecule has 1 aliphatic heterocycles. The maximum atomic E-state index is 14.6. The molecule has 2 aromatic rings. The van der Waals surface area contributed by atoms with Gasteiger partial charge in [0.15, 0.2) is 12.3 Å². The van der Waals surface area contributed by atoms with E-state index in [1.54, 1.807) is 18.2 Å². The predicted molar refractivity (Wildman–Crippen MR) is 111 cm³/mol.